The van der Waals surface area contributed by atoms with Crippen LogP contribution < -0.4 is 10.6 Å². The molecule has 1 fully saturated rings. The molecule has 3 rings (SSSR count). The smallest absolute Gasteiger partial charge is 0.290 e. The summed E-state index contributed by atoms with van der Waals surface area (Å²) in [6.45, 7) is 0.358. The normalized spacial score (nSPS) is 18.4. The van der Waals surface area contributed by atoms with Gasteiger partial charge in [-0.05, 0) is 44.2 Å². The Kier molecular flexibility index (Phi) is 8.63. The minimum Gasteiger partial charge on any atom is -0.483 e. The van der Waals surface area contributed by atoms with E-state index in [1.54, 1.807) is 18.3 Å². The monoisotopic (exact) mass is 391 g/mol. The summed E-state index contributed by atoms with van der Waals surface area (Å²) in [5, 5.41) is 26.5. The van der Waals surface area contributed by atoms with Gasteiger partial charge in [-0.3, -0.25) is 14.4 Å². The lowest BCUT2D eigenvalue weighted by Gasteiger charge is -2.28. The quantitative estimate of drug-likeness (QED) is 0.333. The number of carboxylic acid groups (broad SMARTS) is 1. The number of aromatic amines is 2. The van der Waals surface area contributed by atoms with Crippen molar-refractivity contribution in [2.75, 3.05) is 6.54 Å². The molecule has 0 atom stereocenters. The molecule has 2 aromatic heterocycles. The van der Waals surface area contributed by atoms with Gasteiger partial charge >= 0.3 is 0 Å². The number of tetrazole rings is 1. The van der Waals surface area contributed by atoms with Crippen molar-refractivity contribution in [2.24, 2.45) is 5.92 Å². The van der Waals surface area contributed by atoms with Crippen LogP contribution in [0.3, 0.4) is 0 Å². The highest BCUT2D eigenvalue weighted by Gasteiger charge is 2.27. The second-order valence-corrected chi connectivity index (χ2v) is 6.43. The molecule has 2 amide bonds. The van der Waals surface area contributed by atoms with E-state index in [9.17, 15) is 9.59 Å². The molecular weight excluding hydrogens is 366 g/mol. The van der Waals surface area contributed by atoms with Crippen molar-refractivity contribution in [2.45, 2.75) is 44.6 Å². The number of H-pyrrole nitrogens is 2. The molecule has 1 aliphatic rings. The van der Waals surface area contributed by atoms with Crippen molar-refractivity contribution < 1.29 is 19.5 Å². The van der Waals surface area contributed by atoms with Crippen LogP contribution in [0, 0.1) is 5.92 Å². The Morgan fingerprint density at radius 2 is 2.04 bits per heavy atom. The average Bonchev–Trinajstić information content (AvgIpc) is 3.40. The number of amides is 2. The minimum atomic E-state index is -0.250. The molecule has 0 aromatic carbocycles. The maximum Gasteiger partial charge on any atom is 0.290 e. The second kappa shape index (κ2) is 11.5. The van der Waals surface area contributed by atoms with Crippen molar-refractivity contribution in [3.8, 4) is 0 Å². The number of carbonyl (C=O) groups is 3. The van der Waals surface area contributed by atoms with Gasteiger partial charge in [-0.1, -0.05) is 5.21 Å². The molecule has 152 valence electrons. The third-order valence-electron chi connectivity index (χ3n) is 4.54. The summed E-state index contributed by atoms with van der Waals surface area (Å²) in [6.07, 6.45) is 6.45. The van der Waals surface area contributed by atoms with E-state index in [2.05, 4.69) is 36.2 Å². The van der Waals surface area contributed by atoms with E-state index >= 15 is 0 Å². The first kappa shape index (κ1) is 21.1. The summed E-state index contributed by atoms with van der Waals surface area (Å²) < 4.78 is 0. The highest BCUT2D eigenvalue weighted by atomic mass is 16.3. The van der Waals surface area contributed by atoms with Crippen LogP contribution in [0.15, 0.2) is 18.3 Å². The van der Waals surface area contributed by atoms with E-state index in [-0.39, 0.29) is 30.2 Å². The van der Waals surface area contributed by atoms with Crippen LogP contribution in [-0.2, 0) is 16.0 Å². The zero-order valence-corrected chi connectivity index (χ0v) is 15.4. The van der Waals surface area contributed by atoms with E-state index < -0.39 is 0 Å². The van der Waals surface area contributed by atoms with Crippen LogP contribution >= 0.6 is 0 Å². The Labute approximate surface area is 161 Å². The first-order valence-corrected chi connectivity index (χ1v) is 9.16. The number of rotatable bonds is 7. The largest absolute Gasteiger partial charge is 0.483 e. The Balaban J connectivity index is 0.000000878. The maximum absolute atomic E-state index is 12.2. The third kappa shape index (κ3) is 6.82. The summed E-state index contributed by atoms with van der Waals surface area (Å²) in [5.74, 6) is 0.706. The number of aromatic nitrogens is 5. The Morgan fingerprint density at radius 3 is 2.64 bits per heavy atom. The molecule has 2 heterocycles. The lowest BCUT2D eigenvalue weighted by Crippen LogP contribution is -2.41. The van der Waals surface area contributed by atoms with E-state index in [4.69, 9.17) is 9.90 Å². The summed E-state index contributed by atoms with van der Waals surface area (Å²) in [4.78, 5) is 35.5. The molecule has 2 aromatic rings. The van der Waals surface area contributed by atoms with Crippen molar-refractivity contribution in [3.63, 3.8) is 0 Å². The first-order chi connectivity index (χ1) is 13.6. The summed E-state index contributed by atoms with van der Waals surface area (Å²) in [5.41, 5.74) is 0.571. The van der Waals surface area contributed by atoms with Gasteiger partial charge in [0.25, 0.3) is 12.4 Å². The van der Waals surface area contributed by atoms with Gasteiger partial charge in [0.15, 0.2) is 5.82 Å². The van der Waals surface area contributed by atoms with Crippen LogP contribution in [-0.4, -0.2) is 61.6 Å². The number of nitrogens with zero attached hydrogens (tertiary/aromatic N) is 3. The fraction of sp³-hybridized carbons (Fsp3) is 0.529. The van der Waals surface area contributed by atoms with E-state index in [1.807, 2.05) is 0 Å². The number of hydrogen-bond donors (Lipinski definition) is 5. The number of aryl methyl sites for hydroxylation is 1. The minimum absolute atomic E-state index is 0.0313. The van der Waals surface area contributed by atoms with Crippen molar-refractivity contribution >= 4 is 18.3 Å². The van der Waals surface area contributed by atoms with Crippen molar-refractivity contribution in [1.82, 2.24) is 36.2 Å². The molecule has 0 spiro atoms. The molecule has 1 saturated carbocycles. The van der Waals surface area contributed by atoms with Gasteiger partial charge < -0.3 is 20.7 Å². The number of hydrogen-bond acceptors (Lipinski definition) is 6. The van der Waals surface area contributed by atoms with Crippen molar-refractivity contribution in [3.05, 3.63) is 29.8 Å². The SMILES string of the molecule is O=C(NC1CCC(C(=O)NCCCc2nn[nH]n2)CC1)c1ccc[nH]1.O=CO. The fourth-order valence-corrected chi connectivity index (χ4v) is 3.13. The molecule has 28 heavy (non-hydrogen) atoms. The van der Waals surface area contributed by atoms with E-state index in [1.165, 1.54) is 0 Å². The van der Waals surface area contributed by atoms with Crippen LogP contribution in [0.25, 0.3) is 0 Å². The highest BCUT2D eigenvalue weighted by molar-refractivity contribution is 5.92. The average molecular weight is 391 g/mol. The zero-order valence-electron chi connectivity index (χ0n) is 15.4. The summed E-state index contributed by atoms with van der Waals surface area (Å²) in [6, 6.07) is 3.69. The standard InChI is InChI=1S/C16H23N7O2.CH2O2/c24-15(18-10-2-4-14-20-22-23-21-14)11-5-7-12(8-6-11)19-16(25)13-3-1-9-17-13;2-1-3/h1,3,9,11-12,17H,2,4-8,10H2,(H,18,24)(H,19,25)(H,20,21,22,23);1H,(H,2,3). The van der Waals surface area contributed by atoms with Gasteiger partial charge in [0.2, 0.25) is 5.91 Å². The maximum atomic E-state index is 12.2. The molecule has 0 unspecified atom stereocenters. The van der Waals surface area contributed by atoms with Gasteiger partial charge in [-0.25, -0.2) is 0 Å². The molecule has 11 nitrogen and oxygen atoms in total. The number of nitrogens with one attached hydrogen (secondary N) is 4. The lowest BCUT2D eigenvalue weighted by atomic mass is 9.85. The van der Waals surface area contributed by atoms with E-state index in [0.717, 1.165) is 32.1 Å². The van der Waals surface area contributed by atoms with Gasteiger partial charge in [0, 0.05) is 31.1 Å². The molecule has 1 aliphatic carbocycles. The molecule has 0 radical (unpaired) electrons. The highest BCUT2D eigenvalue weighted by Crippen LogP contribution is 2.24. The summed E-state index contributed by atoms with van der Waals surface area (Å²) in [7, 11) is 0. The van der Waals surface area contributed by atoms with Gasteiger partial charge in [-0.2, -0.15) is 5.21 Å². The Hall–Kier alpha value is -3.24. The Morgan fingerprint density at radius 1 is 1.29 bits per heavy atom. The van der Waals surface area contributed by atoms with E-state index in [0.29, 0.717) is 24.5 Å². The molecular formula is C17H25N7O4. The fourth-order valence-electron chi connectivity index (χ4n) is 3.13. The molecule has 0 bridgehead atoms. The van der Waals surface area contributed by atoms with Crippen LogP contribution in [0.1, 0.15) is 48.4 Å². The molecule has 0 saturated heterocycles. The second-order valence-electron chi connectivity index (χ2n) is 6.43. The predicted octanol–water partition coefficient (Wildman–Crippen LogP) is 0.266. The van der Waals surface area contributed by atoms with Gasteiger partial charge in [0.05, 0.1) is 0 Å². The number of carbonyl (C=O) groups excluding carboxylic acids is 2. The molecule has 0 aliphatic heterocycles. The zero-order chi connectivity index (χ0) is 20.2. The van der Waals surface area contributed by atoms with Gasteiger partial charge in [-0.15, -0.1) is 10.2 Å². The predicted molar refractivity (Wildman–Crippen MR) is 98.2 cm³/mol. The van der Waals surface area contributed by atoms with Crippen LogP contribution in [0.4, 0.5) is 0 Å². The van der Waals surface area contributed by atoms with Gasteiger partial charge in [0.1, 0.15) is 5.69 Å². The van der Waals surface area contributed by atoms with Crippen LogP contribution in [0.2, 0.25) is 0 Å². The topological polar surface area (TPSA) is 166 Å². The van der Waals surface area contributed by atoms with Crippen LogP contribution in [0.5, 0.6) is 0 Å². The first-order valence-electron chi connectivity index (χ1n) is 9.16. The Bertz CT molecular complexity index is 710. The lowest BCUT2D eigenvalue weighted by molar-refractivity contribution is -0.126. The summed E-state index contributed by atoms with van der Waals surface area (Å²) >= 11 is 0. The molecule has 11 heteroatoms. The third-order valence-corrected chi connectivity index (χ3v) is 4.54. The van der Waals surface area contributed by atoms with Crippen molar-refractivity contribution in [1.29, 1.82) is 0 Å². The molecule has 5 N–H and O–H groups in total.